The normalized spacial score (nSPS) is 15.7. The van der Waals surface area contributed by atoms with E-state index in [1.165, 1.54) is 0 Å². The number of aryl methyl sites for hydroxylation is 1. The number of halogens is 1. The van der Waals surface area contributed by atoms with Crippen LogP contribution in [0.3, 0.4) is 0 Å². The van der Waals surface area contributed by atoms with Crippen LogP contribution < -0.4 is 0 Å². The van der Waals surface area contributed by atoms with Crippen LogP contribution >= 0.6 is 11.6 Å². The van der Waals surface area contributed by atoms with E-state index in [4.69, 9.17) is 21.1 Å². The molecule has 3 rings (SSSR count). The first-order valence-electron chi connectivity index (χ1n) is 9.36. The van der Waals surface area contributed by atoms with Crippen molar-refractivity contribution in [2.24, 2.45) is 0 Å². The number of pyridine rings is 1. The number of hydrogen-bond acceptors (Lipinski definition) is 4. The average molecular weight is 391 g/mol. The number of rotatable bonds is 3. The second kappa shape index (κ2) is 8.03. The van der Waals surface area contributed by atoms with E-state index >= 15 is 0 Å². The van der Waals surface area contributed by atoms with Crippen LogP contribution in [0.5, 0.6) is 0 Å². The van der Waals surface area contributed by atoms with Gasteiger partial charge in [0.2, 0.25) is 0 Å². The van der Waals surface area contributed by atoms with E-state index in [-0.39, 0.29) is 12.1 Å². The van der Waals surface area contributed by atoms with E-state index in [2.05, 4.69) is 4.98 Å². The van der Waals surface area contributed by atoms with Gasteiger partial charge in [0.05, 0.1) is 10.5 Å². The van der Waals surface area contributed by atoms with Gasteiger partial charge in [-0.2, -0.15) is 0 Å². The van der Waals surface area contributed by atoms with Crippen molar-refractivity contribution in [3.05, 3.63) is 40.5 Å². The summed E-state index contributed by atoms with van der Waals surface area (Å²) in [5, 5.41) is 1.57. The maximum Gasteiger partial charge on any atom is 0.410 e. The van der Waals surface area contributed by atoms with Gasteiger partial charge in [-0.15, -0.1) is 0 Å². The van der Waals surface area contributed by atoms with Crippen molar-refractivity contribution in [3.63, 3.8) is 0 Å². The van der Waals surface area contributed by atoms with Crippen LogP contribution in [0.2, 0.25) is 5.02 Å². The summed E-state index contributed by atoms with van der Waals surface area (Å²) < 4.78 is 11.1. The van der Waals surface area contributed by atoms with Gasteiger partial charge in [-0.1, -0.05) is 17.7 Å². The van der Waals surface area contributed by atoms with Crippen LogP contribution in [0, 0.1) is 6.92 Å². The molecule has 2 aromatic rings. The number of aromatic nitrogens is 1. The molecule has 146 valence electrons. The van der Waals surface area contributed by atoms with Gasteiger partial charge in [0.1, 0.15) is 5.60 Å². The number of carbonyl (C=O) groups is 1. The Bertz CT molecular complexity index is 826. The number of fused-ring (bicyclic) bond motifs is 1. The number of benzene rings is 1. The first kappa shape index (κ1) is 19.9. The van der Waals surface area contributed by atoms with E-state index in [0.29, 0.717) is 24.8 Å². The first-order chi connectivity index (χ1) is 12.7. The number of ether oxygens (including phenoxy) is 2. The molecule has 1 aromatic carbocycles. The summed E-state index contributed by atoms with van der Waals surface area (Å²) in [5.74, 6) is 0. The predicted molar refractivity (Wildman–Crippen MR) is 107 cm³/mol. The fourth-order valence-electron chi connectivity index (χ4n) is 3.31. The minimum Gasteiger partial charge on any atom is -0.444 e. The van der Waals surface area contributed by atoms with E-state index in [1.54, 1.807) is 0 Å². The van der Waals surface area contributed by atoms with Crippen LogP contribution in [0.1, 0.15) is 44.9 Å². The molecule has 0 aliphatic carbocycles. The van der Waals surface area contributed by atoms with Crippen molar-refractivity contribution < 1.29 is 14.3 Å². The Morgan fingerprint density at radius 3 is 2.67 bits per heavy atom. The molecule has 0 radical (unpaired) electrons. The van der Waals surface area contributed by atoms with Gasteiger partial charge in [-0.05, 0) is 64.3 Å². The van der Waals surface area contributed by atoms with Crippen LogP contribution in [0.15, 0.2) is 24.3 Å². The Balaban J connectivity index is 1.88. The molecule has 0 saturated carbocycles. The van der Waals surface area contributed by atoms with Crippen molar-refractivity contribution >= 4 is 28.6 Å². The third kappa shape index (κ3) is 5.11. The fourth-order valence-corrected chi connectivity index (χ4v) is 3.62. The Hall–Kier alpha value is -1.85. The molecule has 2 heterocycles. The predicted octanol–water partition coefficient (Wildman–Crippen LogP) is 5.11. The lowest BCUT2D eigenvalue weighted by Crippen LogP contribution is -2.45. The molecule has 6 heteroatoms. The fraction of sp³-hybridized carbons (Fsp3) is 0.524. The second-order valence-electron chi connectivity index (χ2n) is 8.05. The molecular weight excluding hydrogens is 364 g/mol. The molecule has 0 unspecified atom stereocenters. The summed E-state index contributed by atoms with van der Waals surface area (Å²) in [6.45, 7) is 9.38. The lowest BCUT2D eigenvalue weighted by Gasteiger charge is -2.35. The molecule has 1 aromatic heterocycles. The zero-order chi connectivity index (χ0) is 19.6. The number of carbonyl (C=O) groups excluding carboxylic acids is 1. The van der Waals surface area contributed by atoms with Gasteiger partial charge >= 0.3 is 6.09 Å². The third-order valence-electron chi connectivity index (χ3n) is 4.56. The largest absolute Gasteiger partial charge is 0.444 e. The third-order valence-corrected chi connectivity index (χ3v) is 4.88. The quantitative estimate of drug-likeness (QED) is 0.730. The molecular formula is C21H27ClN2O3. The number of nitrogens with zero attached hydrogens (tertiary/aromatic N) is 2. The average Bonchev–Trinajstić information content (AvgIpc) is 2.59. The molecule has 1 aliphatic rings. The van der Waals surface area contributed by atoms with E-state index in [1.807, 2.05) is 56.9 Å². The minimum atomic E-state index is -0.533. The van der Waals surface area contributed by atoms with Crippen molar-refractivity contribution in [2.75, 3.05) is 13.2 Å². The van der Waals surface area contributed by atoms with Crippen molar-refractivity contribution in [3.8, 4) is 0 Å². The highest BCUT2D eigenvalue weighted by Gasteiger charge is 2.29. The minimum absolute atomic E-state index is 0.107. The summed E-state index contributed by atoms with van der Waals surface area (Å²) in [7, 11) is 0. The Labute approximate surface area is 165 Å². The summed E-state index contributed by atoms with van der Waals surface area (Å²) in [6, 6.07) is 7.94. The van der Waals surface area contributed by atoms with Crippen LogP contribution in [-0.2, 0) is 16.0 Å². The van der Waals surface area contributed by atoms with Gasteiger partial charge in [0.25, 0.3) is 0 Å². The van der Waals surface area contributed by atoms with Gasteiger partial charge in [-0.3, -0.25) is 4.98 Å². The molecule has 1 saturated heterocycles. The molecule has 0 bridgehead atoms. The summed E-state index contributed by atoms with van der Waals surface area (Å²) in [5.41, 5.74) is 2.22. The zero-order valence-electron chi connectivity index (χ0n) is 16.4. The lowest BCUT2D eigenvalue weighted by molar-refractivity contribution is -0.00807. The van der Waals surface area contributed by atoms with Gasteiger partial charge < -0.3 is 14.4 Å². The van der Waals surface area contributed by atoms with E-state index < -0.39 is 5.60 Å². The number of amides is 1. The van der Waals surface area contributed by atoms with Gasteiger partial charge in [0, 0.05) is 36.9 Å². The topological polar surface area (TPSA) is 51.7 Å². The number of hydrogen-bond donors (Lipinski definition) is 0. The van der Waals surface area contributed by atoms with Gasteiger partial charge in [0.15, 0.2) is 0 Å². The van der Waals surface area contributed by atoms with Crippen molar-refractivity contribution in [1.82, 2.24) is 9.88 Å². The standard InChI is InChI=1S/C21H27ClN2O3/c1-14-11-18(22)17-12-15(5-6-19(17)23-14)13-24(16-7-9-26-10-8-16)20(25)27-21(2,3)4/h5-6,11-12,16H,7-10,13H2,1-4H3. The first-order valence-corrected chi connectivity index (χ1v) is 9.74. The van der Waals surface area contributed by atoms with Crippen LogP contribution in [0.25, 0.3) is 10.9 Å². The Morgan fingerprint density at radius 1 is 1.30 bits per heavy atom. The lowest BCUT2D eigenvalue weighted by atomic mass is 10.1. The van der Waals surface area contributed by atoms with Crippen LogP contribution in [-0.4, -0.2) is 40.8 Å². The zero-order valence-corrected chi connectivity index (χ0v) is 17.2. The molecule has 0 spiro atoms. The molecule has 1 aliphatic heterocycles. The molecule has 0 N–H and O–H groups in total. The smallest absolute Gasteiger partial charge is 0.410 e. The molecule has 1 fully saturated rings. The molecule has 1 amide bonds. The van der Waals surface area contributed by atoms with Crippen molar-refractivity contribution in [2.45, 2.75) is 58.7 Å². The highest BCUT2D eigenvalue weighted by atomic mass is 35.5. The maximum atomic E-state index is 12.9. The second-order valence-corrected chi connectivity index (χ2v) is 8.46. The van der Waals surface area contributed by atoms with Crippen molar-refractivity contribution in [1.29, 1.82) is 0 Å². The molecule has 27 heavy (non-hydrogen) atoms. The Kier molecular flexibility index (Phi) is 5.92. The maximum absolute atomic E-state index is 12.9. The van der Waals surface area contributed by atoms with Gasteiger partial charge in [-0.25, -0.2) is 4.79 Å². The molecule has 5 nitrogen and oxygen atoms in total. The summed E-state index contributed by atoms with van der Waals surface area (Å²) in [6.07, 6.45) is 1.34. The van der Waals surface area contributed by atoms with Crippen LogP contribution in [0.4, 0.5) is 4.79 Å². The summed E-state index contributed by atoms with van der Waals surface area (Å²) in [4.78, 5) is 19.2. The van der Waals surface area contributed by atoms with E-state index in [0.717, 1.165) is 35.0 Å². The van der Waals surface area contributed by atoms with E-state index in [9.17, 15) is 4.79 Å². The highest BCUT2D eigenvalue weighted by molar-refractivity contribution is 6.35. The Morgan fingerprint density at radius 2 is 2.00 bits per heavy atom. The SMILES string of the molecule is Cc1cc(Cl)c2cc(CN(C(=O)OC(C)(C)C)C3CCOCC3)ccc2n1. The summed E-state index contributed by atoms with van der Waals surface area (Å²) >= 11 is 6.41. The molecule has 0 atom stereocenters. The monoisotopic (exact) mass is 390 g/mol. The highest BCUT2D eigenvalue weighted by Crippen LogP contribution is 2.26.